The Morgan fingerprint density at radius 3 is 2.48 bits per heavy atom. The van der Waals surface area contributed by atoms with Gasteiger partial charge in [-0.05, 0) is 49.5 Å². The molecule has 3 rings (SSSR count). The summed E-state index contributed by atoms with van der Waals surface area (Å²) in [4.78, 5) is 10.7. The van der Waals surface area contributed by atoms with Gasteiger partial charge in [0.2, 0.25) is 0 Å². The van der Waals surface area contributed by atoms with Crippen molar-refractivity contribution in [2.45, 2.75) is 57.5 Å². The molecule has 0 aromatic heterocycles. The summed E-state index contributed by atoms with van der Waals surface area (Å²) in [5.74, 6) is 1.69. The Labute approximate surface area is 126 Å². The monoisotopic (exact) mass is 288 g/mol. The molecule has 114 valence electrons. The minimum Gasteiger partial charge on any atom is -0.307 e. The second-order valence-electron chi connectivity index (χ2n) is 6.56. The first-order chi connectivity index (χ1) is 10.2. The molecule has 0 amide bonds. The lowest BCUT2D eigenvalue weighted by Crippen LogP contribution is -2.36. The first-order valence-electron chi connectivity index (χ1n) is 8.19. The number of nitrogens with zero attached hydrogens (tertiary/aromatic N) is 1. The maximum Gasteiger partial charge on any atom is 0.269 e. The molecule has 2 fully saturated rings. The number of rotatable bonds is 8. The Bertz CT molecular complexity index is 497. The Morgan fingerprint density at radius 2 is 1.95 bits per heavy atom. The van der Waals surface area contributed by atoms with Crippen LogP contribution in [0.4, 0.5) is 5.69 Å². The number of hydrogen-bond acceptors (Lipinski definition) is 3. The lowest BCUT2D eigenvalue weighted by atomic mass is 9.98. The molecular formula is C17H24N2O2. The second kappa shape index (κ2) is 6.14. The molecule has 0 bridgehead atoms. The lowest BCUT2D eigenvalue weighted by molar-refractivity contribution is -0.384. The van der Waals surface area contributed by atoms with Gasteiger partial charge in [0.25, 0.3) is 5.69 Å². The molecule has 2 aliphatic carbocycles. The fourth-order valence-electron chi connectivity index (χ4n) is 3.29. The van der Waals surface area contributed by atoms with Gasteiger partial charge in [-0.15, -0.1) is 0 Å². The van der Waals surface area contributed by atoms with Gasteiger partial charge in [-0.3, -0.25) is 10.1 Å². The highest BCUT2D eigenvalue weighted by Crippen LogP contribution is 2.45. The maximum atomic E-state index is 11.0. The first-order valence-corrected chi connectivity index (χ1v) is 8.19. The molecule has 4 nitrogen and oxygen atoms in total. The second-order valence-corrected chi connectivity index (χ2v) is 6.56. The zero-order valence-electron chi connectivity index (χ0n) is 12.6. The van der Waals surface area contributed by atoms with Crippen LogP contribution in [0.25, 0.3) is 0 Å². The minimum atomic E-state index is -0.300. The van der Waals surface area contributed by atoms with Gasteiger partial charge >= 0.3 is 0 Å². The third-order valence-electron chi connectivity index (χ3n) is 4.71. The molecule has 0 heterocycles. The van der Waals surface area contributed by atoms with Crippen LogP contribution in [-0.2, 0) is 0 Å². The van der Waals surface area contributed by atoms with Crippen molar-refractivity contribution in [3.63, 3.8) is 0 Å². The van der Waals surface area contributed by atoms with E-state index in [0.717, 1.165) is 30.2 Å². The van der Waals surface area contributed by atoms with Crippen LogP contribution in [0.5, 0.6) is 0 Å². The van der Waals surface area contributed by atoms with Crippen molar-refractivity contribution < 1.29 is 4.92 Å². The van der Waals surface area contributed by atoms with Crippen LogP contribution in [-0.4, -0.2) is 11.0 Å². The van der Waals surface area contributed by atoms with Crippen LogP contribution in [0.3, 0.4) is 0 Å². The van der Waals surface area contributed by atoms with Crippen molar-refractivity contribution in [3.8, 4) is 0 Å². The lowest BCUT2D eigenvalue weighted by Gasteiger charge is -2.26. The van der Waals surface area contributed by atoms with Crippen molar-refractivity contribution in [3.05, 3.63) is 39.9 Å². The van der Waals surface area contributed by atoms with Crippen molar-refractivity contribution in [2.75, 3.05) is 0 Å². The van der Waals surface area contributed by atoms with Gasteiger partial charge in [-0.2, -0.15) is 0 Å². The van der Waals surface area contributed by atoms with Crippen LogP contribution in [0.1, 0.15) is 57.1 Å². The van der Waals surface area contributed by atoms with E-state index in [1.165, 1.54) is 25.7 Å². The highest BCUT2D eigenvalue weighted by molar-refractivity contribution is 5.36. The molecule has 0 spiro atoms. The Hall–Kier alpha value is -1.42. The van der Waals surface area contributed by atoms with E-state index >= 15 is 0 Å². The van der Waals surface area contributed by atoms with Crippen LogP contribution >= 0.6 is 0 Å². The maximum absolute atomic E-state index is 11.0. The van der Waals surface area contributed by atoms with E-state index in [0.29, 0.717) is 6.04 Å². The highest BCUT2D eigenvalue weighted by Gasteiger charge is 2.42. The smallest absolute Gasteiger partial charge is 0.269 e. The summed E-state index contributed by atoms with van der Waals surface area (Å²) in [6.45, 7) is 2.18. The number of nitro groups is 1. The zero-order chi connectivity index (χ0) is 14.8. The predicted molar refractivity (Wildman–Crippen MR) is 83.1 cm³/mol. The summed E-state index contributed by atoms with van der Waals surface area (Å²) in [7, 11) is 0. The van der Waals surface area contributed by atoms with Crippen molar-refractivity contribution in [1.82, 2.24) is 5.32 Å². The normalized spacial score (nSPS) is 19.7. The molecule has 2 saturated carbocycles. The highest BCUT2D eigenvalue weighted by atomic mass is 16.6. The van der Waals surface area contributed by atoms with E-state index in [9.17, 15) is 10.1 Å². The Balaban J connectivity index is 1.76. The Morgan fingerprint density at radius 1 is 1.29 bits per heavy atom. The predicted octanol–water partition coefficient (Wildman–Crippen LogP) is 4.21. The average Bonchev–Trinajstić information content (AvgIpc) is 3.37. The van der Waals surface area contributed by atoms with Crippen LogP contribution in [0, 0.1) is 22.0 Å². The van der Waals surface area contributed by atoms with E-state index in [4.69, 9.17) is 0 Å². The summed E-state index contributed by atoms with van der Waals surface area (Å²) in [5, 5.41) is 14.8. The fraction of sp³-hybridized carbons (Fsp3) is 0.647. The molecule has 0 aliphatic heterocycles. The first kappa shape index (κ1) is 14.5. The van der Waals surface area contributed by atoms with Crippen LogP contribution < -0.4 is 5.32 Å². The third-order valence-corrected chi connectivity index (χ3v) is 4.71. The average molecular weight is 288 g/mol. The van der Waals surface area contributed by atoms with Gasteiger partial charge in [-0.1, -0.05) is 25.5 Å². The molecule has 4 heteroatoms. The van der Waals surface area contributed by atoms with Gasteiger partial charge in [0.15, 0.2) is 0 Å². The molecule has 2 aliphatic rings. The topological polar surface area (TPSA) is 55.2 Å². The molecule has 1 aromatic carbocycles. The van der Waals surface area contributed by atoms with E-state index in [1.807, 2.05) is 6.07 Å². The van der Waals surface area contributed by atoms with E-state index in [2.05, 4.69) is 12.2 Å². The van der Waals surface area contributed by atoms with Crippen molar-refractivity contribution in [1.29, 1.82) is 0 Å². The largest absolute Gasteiger partial charge is 0.307 e. The number of nitrogens with one attached hydrogen (secondary N) is 1. The third kappa shape index (κ3) is 3.62. The van der Waals surface area contributed by atoms with Crippen LogP contribution in [0.15, 0.2) is 24.3 Å². The minimum absolute atomic E-state index is 0.199. The van der Waals surface area contributed by atoms with E-state index in [-0.39, 0.29) is 16.7 Å². The fourth-order valence-corrected chi connectivity index (χ4v) is 3.29. The molecule has 21 heavy (non-hydrogen) atoms. The molecular weight excluding hydrogens is 264 g/mol. The standard InChI is InChI=1S/C17H24N2O2/c1-2-4-16(14-5-3-6-15(11-14)19(20)21)18-17(12-7-8-12)13-9-10-13/h3,5-6,11-13,16-18H,2,4,7-10H2,1H3. The molecule has 1 unspecified atom stereocenters. The summed E-state index contributed by atoms with van der Waals surface area (Å²) in [6.07, 6.45) is 7.52. The van der Waals surface area contributed by atoms with Crippen molar-refractivity contribution in [2.24, 2.45) is 11.8 Å². The molecule has 0 radical (unpaired) electrons. The number of benzene rings is 1. The molecule has 1 N–H and O–H groups in total. The van der Waals surface area contributed by atoms with Crippen LogP contribution in [0.2, 0.25) is 0 Å². The van der Waals surface area contributed by atoms with Gasteiger partial charge in [-0.25, -0.2) is 0 Å². The number of hydrogen-bond donors (Lipinski definition) is 1. The van der Waals surface area contributed by atoms with E-state index < -0.39 is 0 Å². The quantitative estimate of drug-likeness (QED) is 0.575. The van der Waals surface area contributed by atoms with Gasteiger partial charge in [0.1, 0.15) is 0 Å². The molecule has 1 aromatic rings. The summed E-state index contributed by atoms with van der Waals surface area (Å²) < 4.78 is 0. The van der Waals surface area contributed by atoms with Gasteiger partial charge in [0.05, 0.1) is 4.92 Å². The zero-order valence-corrected chi connectivity index (χ0v) is 12.6. The summed E-state index contributed by atoms with van der Waals surface area (Å²) >= 11 is 0. The summed E-state index contributed by atoms with van der Waals surface area (Å²) in [5.41, 5.74) is 1.27. The summed E-state index contributed by atoms with van der Waals surface area (Å²) in [6, 6.07) is 8.02. The molecule has 1 atom stereocenters. The molecule has 0 saturated heterocycles. The Kier molecular flexibility index (Phi) is 4.24. The number of non-ortho nitro benzene ring substituents is 1. The van der Waals surface area contributed by atoms with Gasteiger partial charge < -0.3 is 5.32 Å². The van der Waals surface area contributed by atoms with Crippen molar-refractivity contribution >= 4 is 5.69 Å². The number of nitro benzene ring substituents is 1. The van der Waals surface area contributed by atoms with Gasteiger partial charge in [0, 0.05) is 24.2 Å². The SMILES string of the molecule is CCCC(NC(C1CC1)C1CC1)c1cccc([N+](=O)[O-])c1. The van der Waals surface area contributed by atoms with E-state index in [1.54, 1.807) is 18.2 Å².